The van der Waals surface area contributed by atoms with Crippen molar-refractivity contribution in [3.8, 4) is 0 Å². The molecule has 0 saturated carbocycles. The molecular weight excluding hydrogens is 221 g/mol. The van der Waals surface area contributed by atoms with Crippen molar-refractivity contribution in [3.63, 3.8) is 0 Å². The highest BCUT2D eigenvalue weighted by Gasteiger charge is 2.33. The van der Waals surface area contributed by atoms with Gasteiger partial charge in [-0.1, -0.05) is 13.8 Å². The van der Waals surface area contributed by atoms with E-state index >= 15 is 0 Å². The zero-order chi connectivity index (χ0) is 12.9. The third-order valence-corrected chi connectivity index (χ3v) is 1.80. The highest BCUT2D eigenvalue weighted by atomic mass is 19.4. The van der Waals surface area contributed by atoms with Crippen molar-refractivity contribution in [2.75, 3.05) is 13.1 Å². The Balaban J connectivity index is 4.47. The lowest BCUT2D eigenvalue weighted by Crippen LogP contribution is -2.42. The van der Waals surface area contributed by atoms with Crippen LogP contribution in [0.15, 0.2) is 0 Å². The molecule has 1 atom stereocenters. The standard InChI is InChI=1S/C10H19F3N2O/c1-7(2)5-15(6-10(11,12)13)9(16)4-8(3)14/h7-8H,4-6,14H2,1-3H3. The molecule has 0 heterocycles. The lowest BCUT2D eigenvalue weighted by molar-refractivity contribution is -0.162. The first-order valence-corrected chi connectivity index (χ1v) is 5.22. The van der Waals surface area contributed by atoms with E-state index in [-0.39, 0.29) is 18.9 Å². The fourth-order valence-electron chi connectivity index (χ4n) is 1.32. The average Bonchev–Trinajstić information content (AvgIpc) is 1.97. The summed E-state index contributed by atoms with van der Waals surface area (Å²) in [7, 11) is 0. The second-order valence-electron chi connectivity index (χ2n) is 4.46. The van der Waals surface area contributed by atoms with Crippen LogP contribution in [0.25, 0.3) is 0 Å². The van der Waals surface area contributed by atoms with Gasteiger partial charge in [-0.05, 0) is 12.8 Å². The van der Waals surface area contributed by atoms with Crippen molar-refractivity contribution < 1.29 is 18.0 Å². The van der Waals surface area contributed by atoms with Gasteiger partial charge in [-0.25, -0.2) is 0 Å². The molecule has 6 heteroatoms. The van der Waals surface area contributed by atoms with Gasteiger partial charge in [0.1, 0.15) is 6.54 Å². The highest BCUT2D eigenvalue weighted by Crippen LogP contribution is 2.18. The van der Waals surface area contributed by atoms with Crippen LogP contribution in [-0.2, 0) is 4.79 Å². The summed E-state index contributed by atoms with van der Waals surface area (Å²) in [5, 5.41) is 0. The Morgan fingerprint density at radius 2 is 1.81 bits per heavy atom. The van der Waals surface area contributed by atoms with Gasteiger partial charge in [-0.3, -0.25) is 4.79 Å². The van der Waals surface area contributed by atoms with Gasteiger partial charge in [0, 0.05) is 19.0 Å². The second-order valence-corrected chi connectivity index (χ2v) is 4.46. The molecule has 3 nitrogen and oxygen atoms in total. The van der Waals surface area contributed by atoms with Crippen LogP contribution >= 0.6 is 0 Å². The maximum Gasteiger partial charge on any atom is 0.406 e. The van der Waals surface area contributed by atoms with Crippen LogP contribution in [-0.4, -0.2) is 36.1 Å². The Morgan fingerprint density at radius 3 is 2.12 bits per heavy atom. The maximum atomic E-state index is 12.2. The lowest BCUT2D eigenvalue weighted by Gasteiger charge is -2.26. The van der Waals surface area contributed by atoms with Gasteiger partial charge in [0.25, 0.3) is 0 Å². The molecular formula is C10H19F3N2O. The number of hydrogen-bond acceptors (Lipinski definition) is 2. The predicted molar refractivity (Wildman–Crippen MR) is 55.7 cm³/mol. The van der Waals surface area contributed by atoms with Crippen molar-refractivity contribution in [2.24, 2.45) is 11.7 Å². The van der Waals surface area contributed by atoms with Crippen molar-refractivity contribution in [3.05, 3.63) is 0 Å². The van der Waals surface area contributed by atoms with Crippen LogP contribution in [0.1, 0.15) is 27.2 Å². The first-order valence-electron chi connectivity index (χ1n) is 5.22. The summed E-state index contributed by atoms with van der Waals surface area (Å²) in [4.78, 5) is 12.3. The van der Waals surface area contributed by atoms with E-state index in [0.717, 1.165) is 4.90 Å². The van der Waals surface area contributed by atoms with E-state index in [1.54, 1.807) is 20.8 Å². The first-order chi connectivity index (χ1) is 7.11. The van der Waals surface area contributed by atoms with Gasteiger partial charge >= 0.3 is 6.18 Å². The van der Waals surface area contributed by atoms with Crippen LogP contribution < -0.4 is 5.73 Å². The summed E-state index contributed by atoms with van der Waals surface area (Å²) in [5.41, 5.74) is 5.40. The Labute approximate surface area is 93.8 Å². The molecule has 0 aliphatic rings. The average molecular weight is 240 g/mol. The quantitative estimate of drug-likeness (QED) is 0.796. The van der Waals surface area contributed by atoms with Gasteiger partial charge in [0.2, 0.25) is 5.91 Å². The zero-order valence-corrected chi connectivity index (χ0v) is 9.84. The van der Waals surface area contributed by atoms with Gasteiger partial charge in [-0.15, -0.1) is 0 Å². The predicted octanol–water partition coefficient (Wildman–Crippen LogP) is 1.77. The molecule has 0 aromatic carbocycles. The number of amides is 1. The number of halogens is 3. The Bertz CT molecular complexity index is 227. The molecule has 96 valence electrons. The van der Waals surface area contributed by atoms with Crippen LogP contribution in [0, 0.1) is 5.92 Å². The number of rotatable bonds is 5. The molecule has 1 amide bonds. The number of carbonyl (C=O) groups is 1. The van der Waals surface area contributed by atoms with Gasteiger partial charge in [0.05, 0.1) is 0 Å². The summed E-state index contributed by atoms with van der Waals surface area (Å²) in [6.45, 7) is 4.03. The van der Waals surface area contributed by atoms with Gasteiger partial charge < -0.3 is 10.6 Å². The monoisotopic (exact) mass is 240 g/mol. The van der Waals surface area contributed by atoms with E-state index in [9.17, 15) is 18.0 Å². The molecule has 0 spiro atoms. The zero-order valence-electron chi connectivity index (χ0n) is 9.84. The number of alkyl halides is 3. The summed E-state index contributed by atoms with van der Waals surface area (Å²) in [5.74, 6) is -0.541. The van der Waals surface area contributed by atoms with E-state index in [4.69, 9.17) is 5.73 Å². The van der Waals surface area contributed by atoms with Crippen molar-refractivity contribution >= 4 is 5.91 Å². The lowest BCUT2D eigenvalue weighted by atomic mass is 10.1. The van der Waals surface area contributed by atoms with Gasteiger partial charge in [-0.2, -0.15) is 13.2 Å². The Hall–Kier alpha value is -0.780. The van der Waals surface area contributed by atoms with Crippen LogP contribution in [0.4, 0.5) is 13.2 Å². The van der Waals surface area contributed by atoms with E-state index in [2.05, 4.69) is 0 Å². The molecule has 0 aromatic heterocycles. The van der Waals surface area contributed by atoms with Crippen LogP contribution in [0.5, 0.6) is 0 Å². The number of nitrogens with zero attached hydrogens (tertiary/aromatic N) is 1. The third kappa shape index (κ3) is 7.50. The number of carbonyl (C=O) groups excluding carboxylic acids is 1. The number of nitrogens with two attached hydrogens (primary N) is 1. The summed E-state index contributed by atoms with van der Waals surface area (Å²) >= 11 is 0. The normalized spacial score (nSPS) is 14.0. The van der Waals surface area contributed by atoms with Crippen molar-refractivity contribution in [1.82, 2.24) is 4.90 Å². The van der Waals surface area contributed by atoms with Crippen molar-refractivity contribution in [1.29, 1.82) is 0 Å². The molecule has 0 radical (unpaired) electrons. The SMILES string of the molecule is CC(C)CN(CC(F)(F)F)C(=O)CC(C)N. The molecule has 1 unspecified atom stereocenters. The molecule has 16 heavy (non-hydrogen) atoms. The molecule has 0 rings (SSSR count). The second kappa shape index (κ2) is 6.08. The van der Waals surface area contributed by atoms with Crippen molar-refractivity contribution in [2.45, 2.75) is 39.4 Å². The molecule has 2 N–H and O–H groups in total. The fourth-order valence-corrected chi connectivity index (χ4v) is 1.32. The fraction of sp³-hybridized carbons (Fsp3) is 0.900. The highest BCUT2D eigenvalue weighted by molar-refractivity contribution is 5.76. The first kappa shape index (κ1) is 15.2. The minimum Gasteiger partial charge on any atom is -0.333 e. The topological polar surface area (TPSA) is 46.3 Å². The molecule has 0 aliphatic carbocycles. The molecule has 0 aromatic rings. The van der Waals surface area contributed by atoms with E-state index in [1.807, 2.05) is 0 Å². The summed E-state index contributed by atoms with van der Waals surface area (Å²) in [6.07, 6.45) is -4.41. The largest absolute Gasteiger partial charge is 0.406 e. The van der Waals surface area contributed by atoms with E-state index in [1.165, 1.54) is 0 Å². The molecule has 0 fully saturated rings. The Kier molecular flexibility index (Phi) is 5.78. The van der Waals surface area contributed by atoms with E-state index < -0.39 is 24.7 Å². The third-order valence-electron chi connectivity index (χ3n) is 1.80. The molecule has 0 saturated heterocycles. The minimum absolute atomic E-state index is 0.000574. The molecule has 0 bridgehead atoms. The van der Waals surface area contributed by atoms with E-state index in [0.29, 0.717) is 0 Å². The van der Waals surface area contributed by atoms with Crippen LogP contribution in [0.3, 0.4) is 0 Å². The summed E-state index contributed by atoms with van der Waals surface area (Å²) < 4.78 is 36.7. The smallest absolute Gasteiger partial charge is 0.333 e. The maximum absolute atomic E-state index is 12.2. The molecule has 0 aliphatic heterocycles. The Morgan fingerprint density at radius 1 is 1.31 bits per heavy atom. The number of hydrogen-bond donors (Lipinski definition) is 1. The summed E-state index contributed by atoms with van der Waals surface area (Å²) in [6, 6.07) is -0.421. The van der Waals surface area contributed by atoms with Gasteiger partial charge in [0.15, 0.2) is 0 Å². The minimum atomic E-state index is -4.36. The van der Waals surface area contributed by atoms with Crippen LogP contribution in [0.2, 0.25) is 0 Å².